The predicted octanol–water partition coefficient (Wildman–Crippen LogP) is 3.10. The summed E-state index contributed by atoms with van der Waals surface area (Å²) >= 11 is 0. The molecule has 7 nitrogen and oxygen atoms in total. The minimum Gasteiger partial charge on any atom is -0.478 e. The van der Waals surface area contributed by atoms with Crippen molar-refractivity contribution in [1.29, 1.82) is 0 Å². The van der Waals surface area contributed by atoms with Crippen LogP contribution in [0.15, 0.2) is 28.9 Å². The SMILES string of the molecule is CC.COc1nc2nonc2nc1Nc1cccc(C)c1. The van der Waals surface area contributed by atoms with E-state index in [9.17, 15) is 0 Å². The quantitative estimate of drug-likeness (QED) is 0.792. The first-order valence-electron chi connectivity index (χ1n) is 6.64. The molecule has 110 valence electrons. The van der Waals surface area contributed by atoms with Gasteiger partial charge in [0.1, 0.15) is 0 Å². The van der Waals surface area contributed by atoms with Gasteiger partial charge in [-0.15, -0.1) is 0 Å². The Balaban J connectivity index is 0.000000774. The topological polar surface area (TPSA) is 86.0 Å². The summed E-state index contributed by atoms with van der Waals surface area (Å²) in [5.74, 6) is 0.806. The first-order chi connectivity index (χ1) is 10.3. The van der Waals surface area contributed by atoms with Gasteiger partial charge in [0.25, 0.3) is 5.88 Å². The molecule has 1 aromatic carbocycles. The molecule has 3 rings (SSSR count). The van der Waals surface area contributed by atoms with E-state index in [1.54, 1.807) is 0 Å². The third-order valence-electron chi connectivity index (χ3n) is 2.56. The number of hydrogen-bond acceptors (Lipinski definition) is 7. The van der Waals surface area contributed by atoms with E-state index in [-0.39, 0.29) is 0 Å². The van der Waals surface area contributed by atoms with Crippen LogP contribution in [0.3, 0.4) is 0 Å². The molecule has 0 aliphatic heterocycles. The third-order valence-corrected chi connectivity index (χ3v) is 2.56. The number of methoxy groups -OCH3 is 1. The molecule has 0 unspecified atom stereocenters. The third kappa shape index (κ3) is 3.25. The Kier molecular flexibility index (Phi) is 4.65. The first-order valence-corrected chi connectivity index (χ1v) is 6.64. The Morgan fingerprint density at radius 1 is 1.10 bits per heavy atom. The van der Waals surface area contributed by atoms with Gasteiger partial charge in [-0.2, -0.15) is 9.97 Å². The van der Waals surface area contributed by atoms with Crippen LogP contribution in [-0.2, 0) is 0 Å². The van der Waals surface area contributed by atoms with Gasteiger partial charge >= 0.3 is 0 Å². The van der Waals surface area contributed by atoms with Crippen molar-refractivity contribution >= 4 is 22.8 Å². The number of nitrogens with one attached hydrogen (secondary N) is 1. The molecule has 21 heavy (non-hydrogen) atoms. The highest BCUT2D eigenvalue weighted by Crippen LogP contribution is 2.25. The molecule has 0 fully saturated rings. The van der Waals surface area contributed by atoms with E-state index in [0.29, 0.717) is 23.0 Å². The second-order valence-electron chi connectivity index (χ2n) is 3.99. The summed E-state index contributed by atoms with van der Waals surface area (Å²) in [7, 11) is 1.52. The van der Waals surface area contributed by atoms with E-state index in [2.05, 4.69) is 30.2 Å². The van der Waals surface area contributed by atoms with Crippen molar-refractivity contribution in [2.24, 2.45) is 0 Å². The van der Waals surface area contributed by atoms with Crippen LogP contribution in [0.2, 0.25) is 0 Å². The van der Waals surface area contributed by atoms with Crippen LogP contribution in [-0.4, -0.2) is 27.4 Å². The zero-order valence-electron chi connectivity index (χ0n) is 12.4. The first kappa shape index (κ1) is 14.7. The second kappa shape index (κ2) is 6.65. The average Bonchev–Trinajstić information content (AvgIpc) is 2.95. The molecule has 0 aliphatic carbocycles. The summed E-state index contributed by atoms with van der Waals surface area (Å²) in [4.78, 5) is 8.42. The van der Waals surface area contributed by atoms with Crippen LogP contribution in [0.1, 0.15) is 19.4 Å². The van der Waals surface area contributed by atoms with Gasteiger partial charge < -0.3 is 10.1 Å². The normalized spacial score (nSPS) is 9.90. The van der Waals surface area contributed by atoms with Gasteiger partial charge in [0.05, 0.1) is 7.11 Å². The maximum atomic E-state index is 5.18. The Labute approximate surface area is 122 Å². The second-order valence-corrected chi connectivity index (χ2v) is 3.99. The van der Waals surface area contributed by atoms with Gasteiger partial charge in [-0.25, -0.2) is 4.63 Å². The van der Waals surface area contributed by atoms with Crippen LogP contribution in [0.25, 0.3) is 11.3 Å². The van der Waals surface area contributed by atoms with E-state index in [1.807, 2.05) is 45.0 Å². The van der Waals surface area contributed by atoms with E-state index in [4.69, 9.17) is 4.74 Å². The number of benzene rings is 1. The molecule has 0 atom stereocenters. The van der Waals surface area contributed by atoms with Crippen LogP contribution in [0.4, 0.5) is 11.5 Å². The van der Waals surface area contributed by atoms with Crippen LogP contribution in [0.5, 0.6) is 5.88 Å². The fourth-order valence-corrected chi connectivity index (χ4v) is 1.71. The summed E-state index contributed by atoms with van der Waals surface area (Å²) in [5.41, 5.74) is 2.67. The summed E-state index contributed by atoms with van der Waals surface area (Å²) in [6.07, 6.45) is 0. The van der Waals surface area contributed by atoms with Crippen molar-refractivity contribution in [3.05, 3.63) is 29.8 Å². The van der Waals surface area contributed by atoms with Crippen molar-refractivity contribution < 1.29 is 9.37 Å². The number of aryl methyl sites for hydroxylation is 1. The molecule has 0 aliphatic rings. The number of rotatable bonds is 3. The summed E-state index contributed by atoms with van der Waals surface area (Å²) in [5, 5.41) is 10.4. The molecule has 0 saturated heterocycles. The van der Waals surface area contributed by atoms with Crippen molar-refractivity contribution in [1.82, 2.24) is 20.3 Å². The van der Waals surface area contributed by atoms with Gasteiger partial charge in [0.15, 0.2) is 5.82 Å². The monoisotopic (exact) mass is 287 g/mol. The predicted molar refractivity (Wildman–Crippen MR) is 79.8 cm³/mol. The fourth-order valence-electron chi connectivity index (χ4n) is 1.71. The molecule has 0 radical (unpaired) electrons. The number of nitrogens with zero attached hydrogens (tertiary/aromatic N) is 4. The number of ether oxygens (including phenoxy) is 1. The zero-order valence-corrected chi connectivity index (χ0v) is 12.4. The van der Waals surface area contributed by atoms with Gasteiger partial charge in [-0.05, 0) is 34.9 Å². The van der Waals surface area contributed by atoms with Crippen molar-refractivity contribution in [3.63, 3.8) is 0 Å². The van der Waals surface area contributed by atoms with Crippen LogP contribution >= 0.6 is 0 Å². The molecule has 2 heterocycles. The summed E-state index contributed by atoms with van der Waals surface area (Å²) in [6.45, 7) is 6.01. The largest absolute Gasteiger partial charge is 0.478 e. The lowest BCUT2D eigenvalue weighted by Crippen LogP contribution is -2.00. The molecule has 2 aromatic heterocycles. The van der Waals surface area contributed by atoms with Crippen molar-refractivity contribution in [2.45, 2.75) is 20.8 Å². The zero-order chi connectivity index (χ0) is 15.2. The Bertz CT molecular complexity index is 726. The van der Waals surface area contributed by atoms with Gasteiger partial charge in [0.2, 0.25) is 11.3 Å². The standard InChI is InChI=1S/C12H11N5O2.C2H6/c1-7-4-3-5-8(6-7)13-11-12(18-2)15-10-9(14-11)16-19-17-10;1-2/h3-6H,1-2H3,(H,13,14,16);1-2H3. The molecule has 0 saturated carbocycles. The maximum Gasteiger partial charge on any atom is 0.259 e. The van der Waals surface area contributed by atoms with Crippen LogP contribution in [0, 0.1) is 6.92 Å². The maximum absolute atomic E-state index is 5.18. The molecule has 0 bridgehead atoms. The molecule has 1 N–H and O–H groups in total. The number of aromatic nitrogens is 4. The van der Waals surface area contributed by atoms with Gasteiger partial charge in [-0.3, -0.25) is 0 Å². The number of hydrogen-bond donors (Lipinski definition) is 1. The number of fused-ring (bicyclic) bond motifs is 1. The highest BCUT2D eigenvalue weighted by atomic mass is 16.6. The van der Waals surface area contributed by atoms with E-state index < -0.39 is 0 Å². The summed E-state index contributed by atoms with van der Waals surface area (Å²) < 4.78 is 9.76. The number of anilines is 2. The highest BCUT2D eigenvalue weighted by Gasteiger charge is 2.13. The van der Waals surface area contributed by atoms with Gasteiger partial charge in [-0.1, -0.05) is 26.0 Å². The minimum absolute atomic E-state index is 0.312. The Hall–Kier alpha value is -2.70. The summed E-state index contributed by atoms with van der Waals surface area (Å²) in [6, 6.07) is 7.89. The van der Waals surface area contributed by atoms with E-state index >= 15 is 0 Å². The Morgan fingerprint density at radius 2 is 1.81 bits per heavy atom. The lowest BCUT2D eigenvalue weighted by Gasteiger charge is -2.08. The Morgan fingerprint density at radius 3 is 2.48 bits per heavy atom. The van der Waals surface area contributed by atoms with E-state index in [1.165, 1.54) is 7.11 Å². The minimum atomic E-state index is 0.312. The van der Waals surface area contributed by atoms with Crippen LogP contribution < -0.4 is 10.1 Å². The van der Waals surface area contributed by atoms with Crippen molar-refractivity contribution in [3.8, 4) is 5.88 Å². The molecule has 0 amide bonds. The van der Waals surface area contributed by atoms with Crippen molar-refractivity contribution in [2.75, 3.05) is 12.4 Å². The highest BCUT2D eigenvalue weighted by molar-refractivity contribution is 5.71. The molecule has 3 aromatic rings. The van der Waals surface area contributed by atoms with Gasteiger partial charge in [0, 0.05) is 5.69 Å². The fraction of sp³-hybridized carbons (Fsp3) is 0.286. The molecular formula is C14H17N5O2. The smallest absolute Gasteiger partial charge is 0.259 e. The molecule has 7 heteroatoms. The molecule has 0 spiro atoms. The van der Waals surface area contributed by atoms with E-state index in [0.717, 1.165) is 11.3 Å². The molecular weight excluding hydrogens is 270 g/mol. The lowest BCUT2D eigenvalue weighted by atomic mass is 10.2. The average molecular weight is 287 g/mol. The lowest BCUT2D eigenvalue weighted by molar-refractivity contribution is 0.313.